The molecule has 104 valence electrons. The minimum Gasteiger partial charge on any atom is -0.459 e. The third kappa shape index (κ3) is 3.81. The molecular formula is C13H15Cl2NO3. The van der Waals surface area contributed by atoms with E-state index >= 15 is 0 Å². The third-order valence-electron chi connectivity index (χ3n) is 3.23. The Hall–Kier alpha value is -0.840. The molecule has 0 saturated heterocycles. The summed E-state index contributed by atoms with van der Waals surface area (Å²) in [5.74, 6) is -0.462. The normalized spacial score (nSPS) is 23.1. The van der Waals surface area contributed by atoms with E-state index in [0.717, 1.165) is 25.7 Å². The summed E-state index contributed by atoms with van der Waals surface area (Å²) in [6.07, 6.45) is 4.94. The molecule has 1 saturated carbocycles. The van der Waals surface area contributed by atoms with Crippen LogP contribution in [-0.4, -0.2) is 30.3 Å². The summed E-state index contributed by atoms with van der Waals surface area (Å²) in [4.78, 5) is 15.8. The van der Waals surface area contributed by atoms with Gasteiger partial charge in [0.2, 0.25) is 0 Å². The molecule has 0 spiro atoms. The fourth-order valence-corrected chi connectivity index (χ4v) is 2.55. The first-order chi connectivity index (χ1) is 9.10. The molecule has 1 aliphatic rings. The van der Waals surface area contributed by atoms with Crippen LogP contribution < -0.4 is 0 Å². The summed E-state index contributed by atoms with van der Waals surface area (Å²) in [5, 5.41) is 0.461. The molecule has 2 atom stereocenters. The molecule has 0 aliphatic heterocycles. The van der Waals surface area contributed by atoms with Gasteiger partial charge < -0.3 is 9.47 Å². The Morgan fingerprint density at radius 2 is 2.11 bits per heavy atom. The molecule has 0 aromatic carbocycles. The molecule has 1 aromatic heterocycles. The van der Waals surface area contributed by atoms with Gasteiger partial charge in [-0.25, -0.2) is 9.78 Å². The van der Waals surface area contributed by atoms with E-state index in [9.17, 15) is 4.79 Å². The van der Waals surface area contributed by atoms with Crippen molar-refractivity contribution in [3.63, 3.8) is 0 Å². The van der Waals surface area contributed by atoms with E-state index in [1.54, 1.807) is 7.11 Å². The number of rotatable bonds is 3. The Morgan fingerprint density at radius 1 is 1.37 bits per heavy atom. The quantitative estimate of drug-likeness (QED) is 0.633. The number of halogens is 2. The minimum atomic E-state index is -0.462. The van der Waals surface area contributed by atoms with Crippen molar-refractivity contribution in [3.8, 4) is 0 Å². The van der Waals surface area contributed by atoms with Crippen LogP contribution in [0.15, 0.2) is 12.3 Å². The molecule has 19 heavy (non-hydrogen) atoms. The van der Waals surface area contributed by atoms with Crippen molar-refractivity contribution < 1.29 is 14.3 Å². The number of pyridine rings is 1. The van der Waals surface area contributed by atoms with Crippen LogP contribution >= 0.6 is 23.2 Å². The maximum atomic E-state index is 12.0. The van der Waals surface area contributed by atoms with Crippen LogP contribution in [0, 0.1) is 0 Å². The molecule has 1 heterocycles. The SMILES string of the molecule is COC1CCCC(OC(=O)c2cc(Cl)ncc2Cl)C1. The Morgan fingerprint density at radius 3 is 2.84 bits per heavy atom. The van der Waals surface area contributed by atoms with Crippen LogP contribution in [0.5, 0.6) is 0 Å². The van der Waals surface area contributed by atoms with Crippen molar-refractivity contribution in [1.29, 1.82) is 0 Å². The summed E-state index contributed by atoms with van der Waals surface area (Å²) in [6, 6.07) is 1.42. The molecule has 4 nitrogen and oxygen atoms in total. The number of hydrogen-bond donors (Lipinski definition) is 0. The Bertz CT molecular complexity index is 467. The maximum Gasteiger partial charge on any atom is 0.340 e. The molecule has 1 fully saturated rings. The second-order valence-corrected chi connectivity index (χ2v) is 5.33. The van der Waals surface area contributed by atoms with Crippen LogP contribution in [-0.2, 0) is 9.47 Å². The molecule has 1 aliphatic carbocycles. The van der Waals surface area contributed by atoms with E-state index in [4.69, 9.17) is 32.7 Å². The van der Waals surface area contributed by atoms with Gasteiger partial charge in [-0.2, -0.15) is 0 Å². The predicted octanol–water partition coefficient (Wildman–Crippen LogP) is 3.50. The summed E-state index contributed by atoms with van der Waals surface area (Å²) in [7, 11) is 1.67. The van der Waals surface area contributed by atoms with Crippen molar-refractivity contribution in [2.75, 3.05) is 7.11 Å². The average molecular weight is 304 g/mol. The molecule has 0 N–H and O–H groups in total. The van der Waals surface area contributed by atoms with Gasteiger partial charge in [0, 0.05) is 19.7 Å². The van der Waals surface area contributed by atoms with Crippen LogP contribution in [0.4, 0.5) is 0 Å². The smallest absolute Gasteiger partial charge is 0.340 e. The Balaban J connectivity index is 2.02. The van der Waals surface area contributed by atoms with Gasteiger partial charge in [-0.3, -0.25) is 0 Å². The zero-order chi connectivity index (χ0) is 13.8. The van der Waals surface area contributed by atoms with Gasteiger partial charge in [0.15, 0.2) is 0 Å². The Labute approximate surface area is 122 Å². The van der Waals surface area contributed by atoms with Crippen molar-refractivity contribution in [1.82, 2.24) is 4.98 Å². The fourth-order valence-electron chi connectivity index (χ4n) is 2.21. The summed E-state index contributed by atoms with van der Waals surface area (Å²) in [5.41, 5.74) is 0.251. The molecule has 2 rings (SSSR count). The minimum absolute atomic E-state index is 0.130. The van der Waals surface area contributed by atoms with Gasteiger partial charge >= 0.3 is 5.97 Å². The van der Waals surface area contributed by atoms with Gasteiger partial charge in [-0.15, -0.1) is 0 Å². The lowest BCUT2D eigenvalue weighted by Gasteiger charge is -2.27. The number of carbonyl (C=O) groups is 1. The van der Waals surface area contributed by atoms with Crippen LogP contribution in [0.25, 0.3) is 0 Å². The standard InChI is InChI=1S/C13H15Cl2NO3/c1-18-8-3-2-4-9(5-8)19-13(17)10-6-12(15)16-7-11(10)14/h6-9H,2-5H2,1H3. The highest BCUT2D eigenvalue weighted by atomic mass is 35.5. The van der Waals surface area contributed by atoms with E-state index in [2.05, 4.69) is 4.98 Å². The molecular weight excluding hydrogens is 289 g/mol. The largest absolute Gasteiger partial charge is 0.459 e. The van der Waals surface area contributed by atoms with E-state index < -0.39 is 5.97 Å². The first kappa shape index (κ1) is 14.6. The molecule has 2 unspecified atom stereocenters. The zero-order valence-corrected chi connectivity index (χ0v) is 12.1. The monoisotopic (exact) mass is 303 g/mol. The maximum absolute atomic E-state index is 12.0. The first-order valence-corrected chi connectivity index (χ1v) is 6.90. The highest BCUT2D eigenvalue weighted by Crippen LogP contribution is 2.25. The lowest BCUT2D eigenvalue weighted by Crippen LogP contribution is -2.29. The number of hydrogen-bond acceptors (Lipinski definition) is 4. The van der Waals surface area contributed by atoms with Gasteiger partial charge in [0.1, 0.15) is 11.3 Å². The number of methoxy groups -OCH3 is 1. The van der Waals surface area contributed by atoms with Crippen LogP contribution in [0.2, 0.25) is 10.2 Å². The second-order valence-electron chi connectivity index (χ2n) is 4.54. The Kier molecular flexibility index (Phi) is 5.02. The fraction of sp³-hybridized carbons (Fsp3) is 0.538. The zero-order valence-electron chi connectivity index (χ0n) is 10.6. The van der Waals surface area contributed by atoms with Crippen molar-refractivity contribution >= 4 is 29.2 Å². The van der Waals surface area contributed by atoms with Gasteiger partial charge in [-0.1, -0.05) is 23.2 Å². The molecule has 0 bridgehead atoms. The molecule has 0 radical (unpaired) electrons. The van der Waals surface area contributed by atoms with E-state index in [-0.39, 0.29) is 27.9 Å². The van der Waals surface area contributed by atoms with Crippen molar-refractivity contribution in [2.45, 2.75) is 37.9 Å². The topological polar surface area (TPSA) is 48.4 Å². The summed E-state index contributed by atoms with van der Waals surface area (Å²) < 4.78 is 10.8. The summed E-state index contributed by atoms with van der Waals surface area (Å²) in [6.45, 7) is 0. The molecule has 6 heteroatoms. The predicted molar refractivity (Wildman–Crippen MR) is 72.7 cm³/mol. The highest BCUT2D eigenvalue weighted by Gasteiger charge is 2.26. The number of carbonyl (C=O) groups excluding carboxylic acids is 1. The van der Waals surface area contributed by atoms with Gasteiger partial charge in [-0.05, 0) is 25.3 Å². The lowest BCUT2D eigenvalue weighted by atomic mass is 9.95. The number of esters is 1. The average Bonchev–Trinajstić information content (AvgIpc) is 2.41. The lowest BCUT2D eigenvalue weighted by molar-refractivity contribution is -0.0149. The second kappa shape index (κ2) is 6.55. The molecule has 1 aromatic rings. The van der Waals surface area contributed by atoms with Crippen LogP contribution in [0.3, 0.4) is 0 Å². The van der Waals surface area contributed by atoms with E-state index in [1.807, 2.05) is 0 Å². The van der Waals surface area contributed by atoms with Crippen molar-refractivity contribution in [3.05, 3.63) is 28.0 Å². The number of ether oxygens (including phenoxy) is 2. The number of nitrogens with zero attached hydrogens (tertiary/aromatic N) is 1. The van der Waals surface area contributed by atoms with Crippen LogP contribution in [0.1, 0.15) is 36.0 Å². The number of aromatic nitrogens is 1. The molecule has 0 amide bonds. The van der Waals surface area contributed by atoms with E-state index in [0.29, 0.717) is 0 Å². The highest BCUT2D eigenvalue weighted by molar-refractivity contribution is 6.34. The van der Waals surface area contributed by atoms with E-state index in [1.165, 1.54) is 12.3 Å². The van der Waals surface area contributed by atoms with Crippen molar-refractivity contribution in [2.24, 2.45) is 0 Å². The third-order valence-corrected chi connectivity index (χ3v) is 3.73. The first-order valence-electron chi connectivity index (χ1n) is 6.15. The van der Waals surface area contributed by atoms with Gasteiger partial charge in [0.25, 0.3) is 0 Å². The summed E-state index contributed by atoms with van der Waals surface area (Å²) >= 11 is 11.7. The van der Waals surface area contributed by atoms with Gasteiger partial charge in [0.05, 0.1) is 16.7 Å².